The highest BCUT2D eigenvalue weighted by Crippen LogP contribution is 2.20. The maximum absolute atomic E-state index is 11.1. The zero-order valence-electron chi connectivity index (χ0n) is 12.7. The lowest BCUT2D eigenvalue weighted by Gasteiger charge is -2.10. The molecule has 0 bridgehead atoms. The van der Waals surface area contributed by atoms with Gasteiger partial charge in [-0.2, -0.15) is 4.98 Å². The number of aromatic carboxylic acids is 1. The van der Waals surface area contributed by atoms with Gasteiger partial charge >= 0.3 is 5.97 Å². The number of benzene rings is 1. The highest BCUT2D eigenvalue weighted by atomic mass is 16.4. The summed E-state index contributed by atoms with van der Waals surface area (Å²) in [6, 6.07) is 6.65. The van der Waals surface area contributed by atoms with Crippen LogP contribution in [0.15, 0.2) is 42.9 Å². The van der Waals surface area contributed by atoms with Gasteiger partial charge in [0.15, 0.2) is 0 Å². The van der Waals surface area contributed by atoms with Gasteiger partial charge in [-0.15, -0.1) is 0 Å². The van der Waals surface area contributed by atoms with E-state index < -0.39 is 5.97 Å². The molecule has 0 spiro atoms. The van der Waals surface area contributed by atoms with Crippen LogP contribution in [0.3, 0.4) is 0 Å². The first-order valence-corrected chi connectivity index (χ1v) is 6.99. The van der Waals surface area contributed by atoms with E-state index in [1.54, 1.807) is 36.7 Å². The molecule has 0 radical (unpaired) electrons. The van der Waals surface area contributed by atoms with E-state index in [1.807, 2.05) is 24.6 Å². The Kier molecular flexibility index (Phi) is 3.76. The van der Waals surface area contributed by atoms with Gasteiger partial charge in [-0.05, 0) is 37.6 Å². The molecule has 7 heteroatoms. The molecule has 0 saturated carbocycles. The topological polar surface area (TPSA) is 92.9 Å². The van der Waals surface area contributed by atoms with Crippen molar-refractivity contribution >= 4 is 17.6 Å². The van der Waals surface area contributed by atoms with E-state index in [9.17, 15) is 4.79 Å². The third-order valence-electron chi connectivity index (χ3n) is 3.44. The minimum atomic E-state index is -0.975. The zero-order valence-corrected chi connectivity index (χ0v) is 12.7. The van der Waals surface area contributed by atoms with Crippen LogP contribution < -0.4 is 5.32 Å². The first-order valence-electron chi connectivity index (χ1n) is 6.99. The molecule has 23 heavy (non-hydrogen) atoms. The molecular weight excluding hydrogens is 294 g/mol. The van der Waals surface area contributed by atoms with Gasteiger partial charge in [0.05, 0.1) is 5.56 Å². The van der Waals surface area contributed by atoms with Gasteiger partial charge in [0.1, 0.15) is 11.6 Å². The lowest BCUT2D eigenvalue weighted by molar-refractivity contribution is 0.0697. The molecule has 2 aromatic heterocycles. The van der Waals surface area contributed by atoms with Crippen LogP contribution in [-0.4, -0.2) is 30.6 Å². The maximum Gasteiger partial charge on any atom is 0.335 e. The van der Waals surface area contributed by atoms with E-state index in [2.05, 4.69) is 20.3 Å². The molecular formula is C16H15N5O2. The number of carboxylic acids is 1. The fourth-order valence-electron chi connectivity index (χ4n) is 2.17. The molecule has 1 aromatic carbocycles. The molecule has 0 aliphatic rings. The predicted molar refractivity (Wildman–Crippen MR) is 85.3 cm³/mol. The van der Waals surface area contributed by atoms with Crippen LogP contribution in [0.5, 0.6) is 0 Å². The van der Waals surface area contributed by atoms with Crippen molar-refractivity contribution in [2.45, 2.75) is 13.8 Å². The number of hydrogen-bond donors (Lipinski definition) is 2. The van der Waals surface area contributed by atoms with Gasteiger partial charge in [0, 0.05) is 24.3 Å². The number of aromatic nitrogens is 4. The molecule has 0 amide bonds. The quantitative estimate of drug-likeness (QED) is 0.769. The standard InChI is InChI=1S/C16H15N5O2/c1-10-3-4-12(15(22)23)9-13(10)19-16-18-6-5-14(20-16)21-8-7-17-11(21)2/h3-9H,1-2H3,(H,22,23)(H,18,19,20). The number of anilines is 2. The van der Waals surface area contributed by atoms with E-state index in [-0.39, 0.29) is 5.56 Å². The van der Waals surface area contributed by atoms with Crippen molar-refractivity contribution in [2.24, 2.45) is 0 Å². The number of hydrogen-bond acceptors (Lipinski definition) is 5. The van der Waals surface area contributed by atoms with Gasteiger partial charge in [0.25, 0.3) is 0 Å². The van der Waals surface area contributed by atoms with Gasteiger partial charge in [-0.1, -0.05) is 6.07 Å². The summed E-state index contributed by atoms with van der Waals surface area (Å²) < 4.78 is 1.84. The van der Waals surface area contributed by atoms with Crippen LogP contribution in [0.2, 0.25) is 0 Å². The molecule has 3 rings (SSSR count). The summed E-state index contributed by atoms with van der Waals surface area (Å²) in [6.07, 6.45) is 5.16. The Balaban J connectivity index is 1.94. The van der Waals surface area contributed by atoms with E-state index in [1.165, 1.54) is 0 Å². The normalized spacial score (nSPS) is 10.5. The van der Waals surface area contributed by atoms with Crippen LogP contribution in [0.25, 0.3) is 5.82 Å². The van der Waals surface area contributed by atoms with E-state index in [0.29, 0.717) is 17.5 Å². The van der Waals surface area contributed by atoms with Gasteiger partial charge in [0.2, 0.25) is 5.95 Å². The van der Waals surface area contributed by atoms with Crippen LogP contribution in [-0.2, 0) is 0 Å². The SMILES string of the molecule is Cc1ccc(C(=O)O)cc1Nc1nccc(-n2ccnc2C)n1. The van der Waals surface area contributed by atoms with Gasteiger partial charge in [-0.25, -0.2) is 14.8 Å². The molecule has 0 unspecified atom stereocenters. The molecule has 0 aliphatic carbocycles. The second kappa shape index (κ2) is 5.88. The summed E-state index contributed by atoms with van der Waals surface area (Å²) in [5.74, 6) is 0.918. The molecule has 0 aliphatic heterocycles. The summed E-state index contributed by atoms with van der Waals surface area (Å²) in [6.45, 7) is 3.77. The second-order valence-corrected chi connectivity index (χ2v) is 5.04. The first kappa shape index (κ1) is 14.7. The minimum Gasteiger partial charge on any atom is -0.478 e. The van der Waals surface area contributed by atoms with Crippen LogP contribution in [0.4, 0.5) is 11.6 Å². The number of carboxylic acid groups (broad SMARTS) is 1. The average Bonchev–Trinajstić information content (AvgIpc) is 2.96. The van der Waals surface area contributed by atoms with Crippen LogP contribution >= 0.6 is 0 Å². The highest BCUT2D eigenvalue weighted by molar-refractivity contribution is 5.89. The number of aryl methyl sites for hydroxylation is 2. The number of carbonyl (C=O) groups is 1. The molecule has 0 saturated heterocycles. The molecule has 0 fully saturated rings. The van der Waals surface area contributed by atoms with Crippen LogP contribution in [0, 0.1) is 13.8 Å². The Bertz CT molecular complexity index is 872. The molecule has 2 heterocycles. The number of rotatable bonds is 4. The average molecular weight is 309 g/mol. The summed E-state index contributed by atoms with van der Waals surface area (Å²) in [5, 5.41) is 12.2. The monoisotopic (exact) mass is 309 g/mol. The largest absolute Gasteiger partial charge is 0.478 e. The zero-order chi connectivity index (χ0) is 16.4. The predicted octanol–water partition coefficient (Wildman–Crippen LogP) is 2.72. The van der Waals surface area contributed by atoms with Crippen molar-refractivity contribution < 1.29 is 9.90 Å². The molecule has 2 N–H and O–H groups in total. The Hall–Kier alpha value is -3.22. The van der Waals surface area contributed by atoms with Crippen LogP contribution in [0.1, 0.15) is 21.7 Å². The fourth-order valence-corrected chi connectivity index (χ4v) is 2.17. The van der Waals surface area contributed by atoms with Crippen molar-refractivity contribution in [3.05, 3.63) is 59.8 Å². The summed E-state index contributed by atoms with van der Waals surface area (Å²) >= 11 is 0. The van der Waals surface area contributed by atoms with E-state index >= 15 is 0 Å². The van der Waals surface area contributed by atoms with Gasteiger partial charge in [-0.3, -0.25) is 4.57 Å². The summed E-state index contributed by atoms with van der Waals surface area (Å²) in [5.41, 5.74) is 1.77. The Labute approximate surface area is 132 Å². The second-order valence-electron chi connectivity index (χ2n) is 5.04. The third-order valence-corrected chi connectivity index (χ3v) is 3.44. The summed E-state index contributed by atoms with van der Waals surface area (Å²) in [7, 11) is 0. The lowest BCUT2D eigenvalue weighted by Crippen LogP contribution is -2.05. The van der Waals surface area contributed by atoms with Crippen molar-refractivity contribution in [3.8, 4) is 5.82 Å². The number of nitrogens with zero attached hydrogens (tertiary/aromatic N) is 4. The highest BCUT2D eigenvalue weighted by Gasteiger charge is 2.09. The Morgan fingerprint density at radius 1 is 1.17 bits per heavy atom. The number of nitrogens with one attached hydrogen (secondary N) is 1. The first-order chi connectivity index (χ1) is 11.0. The molecule has 3 aromatic rings. The lowest BCUT2D eigenvalue weighted by atomic mass is 10.1. The van der Waals surface area contributed by atoms with Gasteiger partial charge < -0.3 is 10.4 Å². The Morgan fingerprint density at radius 2 is 2.00 bits per heavy atom. The fraction of sp³-hybridized carbons (Fsp3) is 0.125. The molecule has 7 nitrogen and oxygen atoms in total. The third kappa shape index (κ3) is 3.03. The van der Waals surface area contributed by atoms with Crippen molar-refractivity contribution in [2.75, 3.05) is 5.32 Å². The Morgan fingerprint density at radius 3 is 2.70 bits per heavy atom. The number of imidazole rings is 1. The minimum absolute atomic E-state index is 0.208. The van der Waals surface area contributed by atoms with Crippen molar-refractivity contribution in [1.29, 1.82) is 0 Å². The smallest absolute Gasteiger partial charge is 0.335 e. The van der Waals surface area contributed by atoms with E-state index in [4.69, 9.17) is 5.11 Å². The molecule has 0 atom stereocenters. The van der Waals surface area contributed by atoms with Crippen molar-refractivity contribution in [1.82, 2.24) is 19.5 Å². The summed E-state index contributed by atoms with van der Waals surface area (Å²) in [4.78, 5) is 23.9. The maximum atomic E-state index is 11.1. The molecule has 116 valence electrons. The van der Waals surface area contributed by atoms with Crippen molar-refractivity contribution in [3.63, 3.8) is 0 Å². The van der Waals surface area contributed by atoms with E-state index in [0.717, 1.165) is 11.4 Å².